The molecule has 0 radical (unpaired) electrons. The second-order valence-corrected chi connectivity index (χ2v) is 2.50. The SMILES string of the molecule is C1=C2NCC2C1.COC(N)=O. The molecule has 0 aromatic heterocycles. The summed E-state index contributed by atoms with van der Waals surface area (Å²) in [4.78, 5) is 9.37. The standard InChI is InChI=1S/C5H7N.C2H5NO2/c1-2-5-4(1)3-6-5;1-5-2(3)4/h2,4,6H,1,3H2;1H3,(H2,3,4). The number of rotatable bonds is 0. The Morgan fingerprint density at radius 1 is 1.91 bits per heavy atom. The van der Waals surface area contributed by atoms with Crippen LogP contribution < -0.4 is 11.1 Å². The Morgan fingerprint density at radius 2 is 2.45 bits per heavy atom. The van der Waals surface area contributed by atoms with Crippen LogP contribution in [0.2, 0.25) is 0 Å². The number of fused-ring (bicyclic) bond motifs is 1. The Morgan fingerprint density at radius 3 is 2.45 bits per heavy atom. The highest BCUT2D eigenvalue weighted by atomic mass is 16.5. The molecule has 0 bridgehead atoms. The predicted molar refractivity (Wildman–Crippen MR) is 40.8 cm³/mol. The number of carbonyl (C=O) groups excluding carboxylic acids is 1. The first-order chi connectivity index (χ1) is 5.24. The zero-order chi connectivity index (χ0) is 8.27. The lowest BCUT2D eigenvalue weighted by Gasteiger charge is -2.38. The first kappa shape index (κ1) is 7.91. The van der Waals surface area contributed by atoms with Gasteiger partial charge in [0.05, 0.1) is 7.11 Å². The fourth-order valence-corrected chi connectivity index (χ4v) is 0.922. The summed E-state index contributed by atoms with van der Waals surface area (Å²) in [7, 11) is 1.22. The Balaban J connectivity index is 0.000000114. The highest BCUT2D eigenvalue weighted by Gasteiger charge is 2.28. The van der Waals surface area contributed by atoms with Crippen LogP contribution >= 0.6 is 0 Å². The molecule has 1 amide bonds. The molecule has 2 rings (SSSR count). The van der Waals surface area contributed by atoms with Gasteiger partial charge in [0.15, 0.2) is 0 Å². The summed E-state index contributed by atoms with van der Waals surface area (Å²) in [5, 5.41) is 3.21. The van der Waals surface area contributed by atoms with Crippen molar-refractivity contribution in [3.63, 3.8) is 0 Å². The van der Waals surface area contributed by atoms with Gasteiger partial charge in [-0.15, -0.1) is 0 Å². The number of hydrogen-bond donors (Lipinski definition) is 2. The molecular weight excluding hydrogens is 144 g/mol. The lowest BCUT2D eigenvalue weighted by molar-refractivity contribution is 0.182. The third-order valence-electron chi connectivity index (χ3n) is 1.82. The van der Waals surface area contributed by atoms with Gasteiger partial charge in [0.25, 0.3) is 0 Å². The zero-order valence-electron chi connectivity index (χ0n) is 6.46. The molecule has 1 saturated heterocycles. The van der Waals surface area contributed by atoms with E-state index in [0.29, 0.717) is 0 Å². The minimum absolute atomic E-state index is 0.745. The van der Waals surface area contributed by atoms with E-state index in [1.54, 1.807) is 0 Å². The minimum Gasteiger partial charge on any atom is -0.453 e. The molecule has 1 aliphatic heterocycles. The van der Waals surface area contributed by atoms with E-state index < -0.39 is 6.09 Å². The average Bonchev–Trinajstić information content (AvgIpc) is 1.98. The van der Waals surface area contributed by atoms with Crippen molar-refractivity contribution in [1.29, 1.82) is 0 Å². The fraction of sp³-hybridized carbons (Fsp3) is 0.571. The average molecular weight is 156 g/mol. The largest absolute Gasteiger partial charge is 0.453 e. The molecule has 0 spiro atoms. The van der Waals surface area contributed by atoms with Gasteiger partial charge in [-0.1, -0.05) is 6.08 Å². The number of methoxy groups -OCH3 is 1. The van der Waals surface area contributed by atoms with Crippen molar-refractivity contribution in [3.05, 3.63) is 11.8 Å². The lowest BCUT2D eigenvalue weighted by atomic mass is 9.84. The van der Waals surface area contributed by atoms with Crippen molar-refractivity contribution in [2.75, 3.05) is 13.7 Å². The van der Waals surface area contributed by atoms with Crippen LogP contribution in [0, 0.1) is 5.92 Å². The minimum atomic E-state index is -0.745. The van der Waals surface area contributed by atoms with Gasteiger partial charge in [-0.05, 0) is 6.42 Å². The van der Waals surface area contributed by atoms with Crippen LogP contribution in [0.1, 0.15) is 6.42 Å². The summed E-state index contributed by atoms with van der Waals surface area (Å²) in [6.45, 7) is 1.24. The monoisotopic (exact) mass is 156 g/mol. The topological polar surface area (TPSA) is 64.3 Å². The third-order valence-corrected chi connectivity index (χ3v) is 1.82. The molecule has 4 nitrogen and oxygen atoms in total. The Labute approximate surface area is 65.4 Å². The molecule has 4 heteroatoms. The first-order valence-corrected chi connectivity index (χ1v) is 3.51. The summed E-state index contributed by atoms with van der Waals surface area (Å²) in [6, 6.07) is 0. The van der Waals surface area contributed by atoms with Gasteiger partial charge < -0.3 is 15.8 Å². The van der Waals surface area contributed by atoms with E-state index in [0.717, 1.165) is 5.92 Å². The molecule has 0 aromatic rings. The Hall–Kier alpha value is -1.19. The van der Waals surface area contributed by atoms with Gasteiger partial charge in [0, 0.05) is 18.2 Å². The molecule has 11 heavy (non-hydrogen) atoms. The van der Waals surface area contributed by atoms with Gasteiger partial charge in [-0.3, -0.25) is 0 Å². The van der Waals surface area contributed by atoms with E-state index >= 15 is 0 Å². The van der Waals surface area contributed by atoms with E-state index in [2.05, 4.69) is 21.9 Å². The number of primary amides is 1. The fourth-order valence-electron chi connectivity index (χ4n) is 0.922. The van der Waals surface area contributed by atoms with Crippen molar-refractivity contribution in [2.45, 2.75) is 6.42 Å². The zero-order valence-corrected chi connectivity index (χ0v) is 6.46. The number of ether oxygens (including phenoxy) is 1. The molecule has 1 fully saturated rings. The van der Waals surface area contributed by atoms with Gasteiger partial charge in [-0.2, -0.15) is 0 Å². The van der Waals surface area contributed by atoms with Gasteiger partial charge in [0.1, 0.15) is 0 Å². The molecular formula is C7H12N2O2. The van der Waals surface area contributed by atoms with Gasteiger partial charge in [0.2, 0.25) is 0 Å². The molecule has 1 atom stereocenters. The van der Waals surface area contributed by atoms with Crippen molar-refractivity contribution >= 4 is 6.09 Å². The molecule has 2 aliphatic rings. The van der Waals surface area contributed by atoms with Crippen LogP contribution in [0.5, 0.6) is 0 Å². The second kappa shape index (κ2) is 3.27. The number of amides is 1. The number of nitrogens with one attached hydrogen (secondary N) is 1. The molecule has 0 aromatic carbocycles. The van der Waals surface area contributed by atoms with Crippen molar-refractivity contribution in [1.82, 2.24) is 5.32 Å². The number of allylic oxidation sites excluding steroid dienone is 1. The van der Waals surface area contributed by atoms with Crippen LogP contribution in [0.15, 0.2) is 11.8 Å². The van der Waals surface area contributed by atoms with E-state index in [9.17, 15) is 4.79 Å². The Kier molecular flexibility index (Phi) is 2.36. The number of hydrogen-bond acceptors (Lipinski definition) is 3. The van der Waals surface area contributed by atoms with E-state index in [4.69, 9.17) is 0 Å². The molecule has 1 unspecified atom stereocenters. The van der Waals surface area contributed by atoms with Crippen molar-refractivity contribution in [2.24, 2.45) is 11.7 Å². The maximum absolute atomic E-state index is 9.37. The van der Waals surface area contributed by atoms with Crippen LogP contribution in [0.3, 0.4) is 0 Å². The molecule has 1 heterocycles. The van der Waals surface area contributed by atoms with Crippen molar-refractivity contribution in [3.8, 4) is 0 Å². The summed E-state index contributed by atoms with van der Waals surface area (Å²) in [5.74, 6) is 0.963. The molecule has 1 aliphatic carbocycles. The maximum Gasteiger partial charge on any atom is 0.404 e. The molecule has 62 valence electrons. The highest BCUT2D eigenvalue weighted by molar-refractivity contribution is 5.64. The van der Waals surface area contributed by atoms with Crippen LogP contribution in [0.4, 0.5) is 4.79 Å². The molecule has 3 N–H and O–H groups in total. The lowest BCUT2D eigenvalue weighted by Crippen LogP contribution is -2.43. The maximum atomic E-state index is 9.37. The van der Waals surface area contributed by atoms with Crippen molar-refractivity contribution < 1.29 is 9.53 Å². The Bertz CT molecular complexity index is 189. The van der Waals surface area contributed by atoms with Gasteiger partial charge in [-0.25, -0.2) is 4.79 Å². The number of carbonyl (C=O) groups is 1. The van der Waals surface area contributed by atoms with Crippen LogP contribution in [-0.4, -0.2) is 19.7 Å². The molecule has 0 saturated carbocycles. The van der Waals surface area contributed by atoms with E-state index in [1.165, 1.54) is 25.8 Å². The summed E-state index contributed by atoms with van der Waals surface area (Å²) < 4.78 is 3.89. The first-order valence-electron chi connectivity index (χ1n) is 3.51. The second-order valence-electron chi connectivity index (χ2n) is 2.50. The summed E-state index contributed by atoms with van der Waals surface area (Å²) in [6.07, 6.45) is 2.85. The van der Waals surface area contributed by atoms with Gasteiger partial charge >= 0.3 is 6.09 Å². The highest BCUT2D eigenvalue weighted by Crippen LogP contribution is 2.30. The quantitative estimate of drug-likeness (QED) is 0.526. The van der Waals surface area contributed by atoms with E-state index in [-0.39, 0.29) is 0 Å². The van der Waals surface area contributed by atoms with Crippen LogP contribution in [-0.2, 0) is 4.74 Å². The van der Waals surface area contributed by atoms with Crippen LogP contribution in [0.25, 0.3) is 0 Å². The summed E-state index contributed by atoms with van der Waals surface area (Å²) >= 11 is 0. The number of nitrogens with two attached hydrogens (primary N) is 1. The smallest absolute Gasteiger partial charge is 0.404 e. The predicted octanol–water partition coefficient (Wildman–Crippen LogP) is 0.205. The normalized spacial score (nSPS) is 23.4. The third kappa shape index (κ3) is 1.86. The van der Waals surface area contributed by atoms with E-state index in [1.807, 2.05) is 0 Å². The summed E-state index contributed by atoms with van der Waals surface area (Å²) in [5.41, 5.74) is 5.93.